The number of fused-ring (bicyclic) bond motifs is 1. The Hall–Kier alpha value is -2.27. The van der Waals surface area contributed by atoms with Crippen LogP contribution in [0.1, 0.15) is 16.7 Å². The molecule has 0 saturated carbocycles. The maximum Gasteiger partial charge on any atom is 0.0609 e. The molecule has 3 aromatic carbocycles. The fourth-order valence-corrected chi connectivity index (χ4v) is 4.03. The smallest absolute Gasteiger partial charge is 0.0609 e. The molecule has 0 atom stereocenters. The van der Waals surface area contributed by atoms with Crippen molar-refractivity contribution in [2.24, 2.45) is 5.10 Å². The number of halogens is 3. The predicted molar refractivity (Wildman–Crippen MR) is 126 cm³/mol. The molecule has 0 aliphatic carbocycles. The Balaban J connectivity index is 1.54. The Morgan fingerprint density at radius 3 is 2.41 bits per heavy atom. The van der Waals surface area contributed by atoms with E-state index in [2.05, 4.69) is 79.7 Å². The number of hydrazone groups is 1. The van der Waals surface area contributed by atoms with Crippen molar-refractivity contribution in [2.75, 3.05) is 0 Å². The summed E-state index contributed by atoms with van der Waals surface area (Å²) in [6.07, 6.45) is 3.96. The van der Waals surface area contributed by atoms with E-state index in [4.69, 9.17) is 23.2 Å². The Morgan fingerprint density at radius 2 is 1.66 bits per heavy atom. The van der Waals surface area contributed by atoms with Crippen molar-refractivity contribution in [3.05, 3.63) is 104 Å². The summed E-state index contributed by atoms with van der Waals surface area (Å²) < 4.78 is 3.32. The van der Waals surface area contributed by atoms with E-state index < -0.39 is 0 Å². The van der Waals surface area contributed by atoms with Gasteiger partial charge in [-0.1, -0.05) is 75.5 Å². The van der Waals surface area contributed by atoms with Gasteiger partial charge in [-0.2, -0.15) is 5.10 Å². The minimum absolute atomic E-state index is 0.465. The lowest BCUT2D eigenvalue weighted by Crippen LogP contribution is -2.06. The summed E-state index contributed by atoms with van der Waals surface area (Å²) in [6, 6.07) is 22.2. The molecular formula is C23H18BrCl2N3. The second-order valence-corrected chi connectivity index (χ2v) is 8.38. The quantitative estimate of drug-likeness (QED) is 0.233. The second kappa shape index (κ2) is 9.04. The average molecular weight is 487 g/mol. The first-order chi connectivity index (χ1) is 14.1. The molecule has 1 aromatic heterocycles. The average Bonchev–Trinajstić information content (AvgIpc) is 3.06. The van der Waals surface area contributed by atoms with E-state index in [1.165, 1.54) is 11.1 Å². The first-order valence-corrected chi connectivity index (χ1v) is 10.7. The molecule has 4 aromatic rings. The predicted octanol–water partition coefficient (Wildman–Crippen LogP) is 6.88. The minimum Gasteiger partial charge on any atom is -0.342 e. The molecule has 3 nitrogen and oxygen atoms in total. The summed E-state index contributed by atoms with van der Waals surface area (Å²) in [4.78, 5) is 0. The van der Waals surface area contributed by atoms with Crippen molar-refractivity contribution in [1.29, 1.82) is 0 Å². The lowest BCUT2D eigenvalue weighted by Gasteiger charge is -2.05. The van der Waals surface area contributed by atoms with Gasteiger partial charge >= 0.3 is 0 Å². The van der Waals surface area contributed by atoms with Crippen molar-refractivity contribution < 1.29 is 0 Å². The van der Waals surface area contributed by atoms with Crippen LogP contribution in [0.5, 0.6) is 0 Å². The van der Waals surface area contributed by atoms with E-state index >= 15 is 0 Å². The van der Waals surface area contributed by atoms with Gasteiger partial charge in [0.2, 0.25) is 0 Å². The van der Waals surface area contributed by atoms with E-state index in [1.807, 2.05) is 30.5 Å². The Bertz CT molecular complexity index is 1150. The highest BCUT2D eigenvalue weighted by Crippen LogP contribution is 2.24. The molecule has 0 aliphatic heterocycles. The second-order valence-electron chi connectivity index (χ2n) is 6.65. The number of aromatic nitrogens is 1. The topological polar surface area (TPSA) is 29.3 Å². The largest absolute Gasteiger partial charge is 0.342 e. The zero-order valence-electron chi connectivity index (χ0n) is 15.4. The third-order valence-corrected chi connectivity index (χ3v) is 5.93. The molecule has 0 spiro atoms. The molecule has 0 bridgehead atoms. The molecule has 29 heavy (non-hydrogen) atoms. The standard InChI is InChI=1S/C23H18BrCl2N3/c24-18-10-8-16(9-11-18)14-29-15-17(19-4-1-2-7-23(19)29)12-27-28-13-20-21(25)5-3-6-22(20)26/h1-12,15,28H,13-14H2/b27-12-. The third-order valence-electron chi connectivity index (χ3n) is 4.70. The van der Waals surface area contributed by atoms with Crippen LogP contribution in [-0.2, 0) is 13.1 Å². The monoisotopic (exact) mass is 485 g/mol. The van der Waals surface area contributed by atoms with Crippen LogP contribution in [0.4, 0.5) is 0 Å². The summed E-state index contributed by atoms with van der Waals surface area (Å²) in [5, 5.41) is 6.81. The number of rotatable bonds is 6. The Morgan fingerprint density at radius 1 is 0.931 bits per heavy atom. The van der Waals surface area contributed by atoms with Gasteiger partial charge in [-0.15, -0.1) is 0 Å². The highest BCUT2D eigenvalue weighted by molar-refractivity contribution is 9.10. The number of para-hydroxylation sites is 1. The summed E-state index contributed by atoms with van der Waals surface area (Å²) >= 11 is 15.9. The van der Waals surface area contributed by atoms with Gasteiger partial charge < -0.3 is 9.99 Å². The van der Waals surface area contributed by atoms with Crippen molar-refractivity contribution in [3.8, 4) is 0 Å². The maximum absolute atomic E-state index is 6.21. The molecule has 0 radical (unpaired) electrons. The Labute approximate surface area is 188 Å². The SMILES string of the molecule is Clc1cccc(Cl)c1CN/N=C\c1cn(Cc2ccc(Br)cc2)c2ccccc12. The van der Waals surface area contributed by atoms with Crippen LogP contribution >= 0.6 is 39.1 Å². The van der Waals surface area contributed by atoms with Crippen LogP contribution in [0.2, 0.25) is 10.0 Å². The fourth-order valence-electron chi connectivity index (χ4n) is 3.24. The van der Waals surface area contributed by atoms with Gasteiger partial charge in [-0.05, 0) is 35.9 Å². The zero-order chi connectivity index (χ0) is 20.2. The molecule has 0 aliphatic rings. The lowest BCUT2D eigenvalue weighted by molar-refractivity contribution is 0.748. The molecular weight excluding hydrogens is 469 g/mol. The first-order valence-electron chi connectivity index (χ1n) is 9.13. The van der Waals surface area contributed by atoms with E-state index in [0.29, 0.717) is 16.6 Å². The van der Waals surface area contributed by atoms with E-state index in [1.54, 1.807) is 0 Å². The molecule has 0 unspecified atom stereocenters. The van der Waals surface area contributed by atoms with Crippen LogP contribution in [-0.4, -0.2) is 10.8 Å². The van der Waals surface area contributed by atoms with E-state index in [9.17, 15) is 0 Å². The summed E-state index contributed by atoms with van der Waals surface area (Å²) in [7, 11) is 0. The minimum atomic E-state index is 0.465. The van der Waals surface area contributed by atoms with Gasteiger partial charge in [0.15, 0.2) is 0 Å². The highest BCUT2D eigenvalue weighted by Gasteiger charge is 2.08. The molecule has 1 N–H and O–H groups in total. The molecule has 6 heteroatoms. The van der Waals surface area contributed by atoms with Gasteiger partial charge in [0.1, 0.15) is 0 Å². The number of hydrogen-bond acceptors (Lipinski definition) is 2. The van der Waals surface area contributed by atoms with Crippen LogP contribution in [0, 0.1) is 0 Å². The van der Waals surface area contributed by atoms with Crippen LogP contribution in [0.3, 0.4) is 0 Å². The Kier molecular flexibility index (Phi) is 6.24. The molecule has 4 rings (SSSR count). The zero-order valence-corrected chi connectivity index (χ0v) is 18.5. The van der Waals surface area contributed by atoms with Crippen LogP contribution in [0.25, 0.3) is 10.9 Å². The lowest BCUT2D eigenvalue weighted by atomic mass is 10.2. The number of benzene rings is 3. The molecule has 0 fully saturated rings. The van der Waals surface area contributed by atoms with E-state index in [-0.39, 0.29) is 0 Å². The van der Waals surface area contributed by atoms with Gasteiger partial charge in [0.05, 0.1) is 12.8 Å². The maximum atomic E-state index is 6.21. The van der Waals surface area contributed by atoms with E-state index in [0.717, 1.165) is 27.5 Å². The number of hydrogen-bond donors (Lipinski definition) is 1. The first kappa shape index (κ1) is 20.0. The molecule has 0 saturated heterocycles. The van der Waals surface area contributed by atoms with Crippen molar-refractivity contribution in [2.45, 2.75) is 13.1 Å². The van der Waals surface area contributed by atoms with Gasteiger partial charge in [0, 0.05) is 49.3 Å². The van der Waals surface area contributed by atoms with Gasteiger partial charge in [-0.3, -0.25) is 0 Å². The normalized spacial score (nSPS) is 11.4. The summed E-state index contributed by atoms with van der Waals surface area (Å²) in [5.74, 6) is 0. The summed E-state index contributed by atoms with van der Waals surface area (Å²) in [6.45, 7) is 1.26. The third kappa shape index (κ3) is 4.67. The number of nitrogens with zero attached hydrogens (tertiary/aromatic N) is 2. The highest BCUT2D eigenvalue weighted by atomic mass is 79.9. The van der Waals surface area contributed by atoms with Gasteiger partial charge in [-0.25, -0.2) is 0 Å². The molecule has 146 valence electrons. The van der Waals surface area contributed by atoms with Crippen molar-refractivity contribution in [3.63, 3.8) is 0 Å². The summed E-state index contributed by atoms with van der Waals surface area (Å²) in [5.41, 5.74) is 7.35. The molecule has 1 heterocycles. The van der Waals surface area contributed by atoms with Crippen LogP contribution in [0.15, 0.2) is 82.5 Å². The van der Waals surface area contributed by atoms with Crippen molar-refractivity contribution >= 4 is 56.2 Å². The number of nitrogens with one attached hydrogen (secondary N) is 1. The van der Waals surface area contributed by atoms with Gasteiger partial charge in [0.25, 0.3) is 0 Å². The molecule has 0 amide bonds. The van der Waals surface area contributed by atoms with Crippen molar-refractivity contribution in [1.82, 2.24) is 9.99 Å². The fraction of sp³-hybridized carbons (Fsp3) is 0.0870. The van der Waals surface area contributed by atoms with Crippen LogP contribution < -0.4 is 5.43 Å².